The number of rotatable bonds is 4. The Kier molecular flexibility index (Phi) is 4.59. The minimum absolute atomic E-state index is 0.115. The van der Waals surface area contributed by atoms with Crippen LogP contribution in [0.3, 0.4) is 0 Å². The highest BCUT2D eigenvalue weighted by atomic mass is 16.5. The zero-order chi connectivity index (χ0) is 9.72. The van der Waals surface area contributed by atoms with Crippen LogP contribution in [0, 0.1) is 11.3 Å². The maximum absolute atomic E-state index is 7.25. The van der Waals surface area contributed by atoms with Crippen LogP contribution in [0.4, 0.5) is 0 Å². The molecule has 0 fully saturated rings. The molecule has 0 heterocycles. The van der Waals surface area contributed by atoms with Crippen molar-refractivity contribution in [3.63, 3.8) is 0 Å². The van der Waals surface area contributed by atoms with Crippen LogP contribution in [-0.2, 0) is 4.74 Å². The molecule has 3 N–H and O–H groups in total. The van der Waals surface area contributed by atoms with Crippen molar-refractivity contribution in [1.29, 1.82) is 5.41 Å². The van der Waals surface area contributed by atoms with Gasteiger partial charge in [0.2, 0.25) is 0 Å². The third-order valence-electron chi connectivity index (χ3n) is 1.64. The maximum atomic E-state index is 7.25. The van der Waals surface area contributed by atoms with Gasteiger partial charge in [0.25, 0.3) is 0 Å². The maximum Gasteiger partial charge on any atom is 0.114 e. The largest absolute Gasteiger partial charge is 0.499 e. The number of ether oxygens (including phenoxy) is 1. The van der Waals surface area contributed by atoms with Crippen LogP contribution in [0.5, 0.6) is 0 Å². The Hall–Kier alpha value is -0.830. The van der Waals surface area contributed by atoms with Gasteiger partial charge in [0.05, 0.1) is 13.2 Å². The molecule has 0 amide bonds. The summed E-state index contributed by atoms with van der Waals surface area (Å²) >= 11 is 0. The van der Waals surface area contributed by atoms with Gasteiger partial charge in [-0.1, -0.05) is 13.8 Å². The summed E-state index contributed by atoms with van der Waals surface area (Å²) in [5.74, 6) is 1.01. The Morgan fingerprint density at radius 2 is 2.00 bits per heavy atom. The lowest BCUT2D eigenvalue weighted by molar-refractivity contribution is 0.248. The fraction of sp³-hybridized carbons (Fsp3) is 0.667. The minimum Gasteiger partial charge on any atom is -0.499 e. The smallest absolute Gasteiger partial charge is 0.114 e. The molecule has 0 radical (unpaired) electrons. The van der Waals surface area contributed by atoms with Gasteiger partial charge in [-0.05, 0) is 18.9 Å². The number of nitrogens with two attached hydrogens (primary N) is 1. The third-order valence-corrected chi connectivity index (χ3v) is 1.64. The van der Waals surface area contributed by atoms with Crippen LogP contribution in [0.1, 0.15) is 20.8 Å². The highest BCUT2D eigenvalue weighted by molar-refractivity contribution is 5.90. The monoisotopic (exact) mass is 170 g/mol. The lowest BCUT2D eigenvalue weighted by Gasteiger charge is -2.18. The zero-order valence-electron chi connectivity index (χ0n) is 8.22. The van der Waals surface area contributed by atoms with Gasteiger partial charge in [0, 0.05) is 5.71 Å². The fourth-order valence-electron chi connectivity index (χ4n) is 0.833. The molecule has 0 aliphatic heterocycles. The molecule has 0 aromatic heterocycles. The van der Waals surface area contributed by atoms with Gasteiger partial charge in [-0.15, -0.1) is 0 Å². The Morgan fingerprint density at radius 1 is 1.50 bits per heavy atom. The molecule has 3 heteroatoms. The van der Waals surface area contributed by atoms with E-state index in [0.717, 1.165) is 0 Å². The van der Waals surface area contributed by atoms with E-state index >= 15 is 0 Å². The van der Waals surface area contributed by atoms with Crippen molar-refractivity contribution in [2.24, 2.45) is 11.7 Å². The molecule has 0 saturated heterocycles. The highest BCUT2D eigenvalue weighted by Gasteiger charge is 2.13. The Labute approximate surface area is 74.1 Å². The van der Waals surface area contributed by atoms with Crippen molar-refractivity contribution in [1.82, 2.24) is 0 Å². The second-order valence-corrected chi connectivity index (χ2v) is 3.20. The molecular formula is C9H18N2O. The van der Waals surface area contributed by atoms with E-state index in [4.69, 9.17) is 15.9 Å². The number of nitrogens with one attached hydrogen (secondary N) is 1. The highest BCUT2D eigenvalue weighted by Crippen LogP contribution is 2.09. The van der Waals surface area contributed by atoms with Crippen molar-refractivity contribution >= 4 is 5.71 Å². The van der Waals surface area contributed by atoms with Gasteiger partial charge in [-0.25, -0.2) is 0 Å². The SMILES string of the molecule is CO/C(=C\C(C)=N)[C@H](N)C(C)C. The minimum atomic E-state index is -0.115. The summed E-state index contributed by atoms with van der Waals surface area (Å²) in [6.07, 6.45) is 1.66. The molecular weight excluding hydrogens is 152 g/mol. The van der Waals surface area contributed by atoms with Gasteiger partial charge in [0.1, 0.15) is 5.76 Å². The first kappa shape index (κ1) is 11.2. The van der Waals surface area contributed by atoms with Crippen molar-refractivity contribution in [3.8, 4) is 0 Å². The fourth-order valence-corrected chi connectivity index (χ4v) is 0.833. The molecule has 0 aliphatic rings. The van der Waals surface area contributed by atoms with E-state index in [9.17, 15) is 0 Å². The molecule has 0 aromatic carbocycles. The molecule has 0 bridgehead atoms. The molecule has 12 heavy (non-hydrogen) atoms. The second kappa shape index (κ2) is 4.93. The first-order chi connectivity index (χ1) is 5.49. The lowest BCUT2D eigenvalue weighted by Crippen LogP contribution is -2.29. The molecule has 1 atom stereocenters. The average molecular weight is 170 g/mol. The first-order valence-electron chi connectivity index (χ1n) is 4.05. The van der Waals surface area contributed by atoms with E-state index in [1.165, 1.54) is 0 Å². The summed E-state index contributed by atoms with van der Waals surface area (Å²) < 4.78 is 5.08. The molecule has 70 valence electrons. The summed E-state index contributed by atoms with van der Waals surface area (Å²) in [5.41, 5.74) is 6.29. The van der Waals surface area contributed by atoms with Crippen molar-refractivity contribution < 1.29 is 4.74 Å². The second-order valence-electron chi connectivity index (χ2n) is 3.20. The van der Waals surface area contributed by atoms with E-state index in [-0.39, 0.29) is 6.04 Å². The number of hydrogen-bond donors (Lipinski definition) is 2. The first-order valence-corrected chi connectivity index (χ1v) is 4.05. The summed E-state index contributed by atoms with van der Waals surface area (Å²) in [6, 6.07) is -0.115. The van der Waals surface area contributed by atoms with E-state index in [0.29, 0.717) is 17.4 Å². The van der Waals surface area contributed by atoms with Gasteiger partial charge < -0.3 is 15.9 Å². The number of allylic oxidation sites excluding steroid dienone is 1. The summed E-state index contributed by atoms with van der Waals surface area (Å²) in [7, 11) is 1.58. The van der Waals surface area contributed by atoms with Crippen LogP contribution < -0.4 is 5.73 Å². The summed E-state index contributed by atoms with van der Waals surface area (Å²) in [5, 5.41) is 7.25. The molecule has 3 nitrogen and oxygen atoms in total. The molecule has 0 rings (SSSR count). The predicted molar refractivity (Wildman–Crippen MR) is 51.3 cm³/mol. The van der Waals surface area contributed by atoms with Crippen molar-refractivity contribution in [2.45, 2.75) is 26.8 Å². The van der Waals surface area contributed by atoms with E-state index in [1.807, 2.05) is 13.8 Å². The molecule has 0 spiro atoms. The van der Waals surface area contributed by atoms with Crippen LogP contribution >= 0.6 is 0 Å². The van der Waals surface area contributed by atoms with Gasteiger partial charge in [0.15, 0.2) is 0 Å². The Bertz CT molecular complexity index is 185. The van der Waals surface area contributed by atoms with E-state index < -0.39 is 0 Å². The number of hydrogen-bond acceptors (Lipinski definition) is 3. The molecule has 0 saturated carbocycles. The molecule has 0 unspecified atom stereocenters. The topological polar surface area (TPSA) is 59.1 Å². The Morgan fingerprint density at radius 3 is 2.25 bits per heavy atom. The average Bonchev–Trinajstić information content (AvgIpc) is 1.98. The van der Waals surface area contributed by atoms with Gasteiger partial charge in [-0.3, -0.25) is 0 Å². The summed E-state index contributed by atoms with van der Waals surface area (Å²) in [6.45, 7) is 5.75. The van der Waals surface area contributed by atoms with E-state index in [1.54, 1.807) is 20.1 Å². The zero-order valence-corrected chi connectivity index (χ0v) is 8.22. The third kappa shape index (κ3) is 3.53. The van der Waals surface area contributed by atoms with Crippen molar-refractivity contribution in [2.75, 3.05) is 7.11 Å². The summed E-state index contributed by atoms with van der Waals surface area (Å²) in [4.78, 5) is 0. The van der Waals surface area contributed by atoms with E-state index in [2.05, 4.69) is 0 Å². The van der Waals surface area contributed by atoms with Gasteiger partial charge >= 0.3 is 0 Å². The molecule has 0 aliphatic carbocycles. The van der Waals surface area contributed by atoms with Crippen molar-refractivity contribution in [3.05, 3.63) is 11.8 Å². The van der Waals surface area contributed by atoms with Crippen LogP contribution in [0.25, 0.3) is 0 Å². The van der Waals surface area contributed by atoms with Crippen LogP contribution in [0.2, 0.25) is 0 Å². The number of methoxy groups -OCH3 is 1. The van der Waals surface area contributed by atoms with Crippen LogP contribution in [-0.4, -0.2) is 18.9 Å². The predicted octanol–water partition coefficient (Wildman–Crippen LogP) is 1.54. The standard InChI is InChI=1S/C9H18N2O/c1-6(2)9(11)8(12-4)5-7(3)10/h5-6,9-10H,11H2,1-4H3/b8-5-,10-7?/t9-/m1/s1. The normalized spacial score (nSPS) is 14.7. The molecule has 0 aromatic rings. The van der Waals surface area contributed by atoms with Gasteiger partial charge in [-0.2, -0.15) is 0 Å². The quantitative estimate of drug-likeness (QED) is 0.496. The lowest BCUT2D eigenvalue weighted by atomic mass is 10.0. The Balaban J connectivity index is 4.44. The van der Waals surface area contributed by atoms with Crippen LogP contribution in [0.15, 0.2) is 11.8 Å².